The molecule has 0 aromatic rings. The Morgan fingerprint density at radius 3 is 1.80 bits per heavy atom. The minimum absolute atomic E-state index is 0.448. The first-order valence-corrected chi connectivity index (χ1v) is 2.43. The van der Waals surface area contributed by atoms with E-state index in [2.05, 4.69) is 0 Å². The highest BCUT2D eigenvalue weighted by molar-refractivity contribution is 7.32. The molecule has 0 aromatic heterocycles. The van der Waals surface area contributed by atoms with E-state index in [4.69, 9.17) is 5.50 Å². The second-order valence-corrected chi connectivity index (χ2v) is 2.18. The highest BCUT2D eigenvalue weighted by Crippen LogP contribution is 1.95. The smallest absolute Gasteiger partial charge is 0.0178 e. The van der Waals surface area contributed by atoms with Gasteiger partial charge in [0, 0.05) is 8.88 Å². The van der Waals surface area contributed by atoms with Crippen molar-refractivity contribution >= 4 is 8.88 Å². The van der Waals surface area contributed by atoms with Gasteiger partial charge in [-0.2, -0.15) is 0 Å². The summed E-state index contributed by atoms with van der Waals surface area (Å²) in [6.45, 7) is 0. The summed E-state index contributed by atoms with van der Waals surface area (Å²) in [5, 5.41) is 0. The summed E-state index contributed by atoms with van der Waals surface area (Å²) < 4.78 is 1.93. The van der Waals surface area contributed by atoms with Gasteiger partial charge in [0.05, 0.1) is 0 Å². The molecule has 32 valence electrons. The van der Waals surface area contributed by atoms with Crippen LogP contribution in [0.3, 0.4) is 0 Å². The summed E-state index contributed by atoms with van der Waals surface area (Å²) in [5.74, 6) is 0. The lowest BCUT2D eigenvalue weighted by molar-refractivity contribution is 0.691. The third kappa shape index (κ3) is 4.35. The minimum atomic E-state index is 0.448. The summed E-state index contributed by atoms with van der Waals surface area (Å²) in [7, 11) is 4.33. The molecule has 0 aromatic carbocycles. The van der Waals surface area contributed by atoms with E-state index in [-0.39, 0.29) is 0 Å². The summed E-state index contributed by atoms with van der Waals surface area (Å²) in [5.41, 5.74) is 5.12. The molecular weight excluding hydrogens is 83.0 g/mol. The van der Waals surface area contributed by atoms with Crippen molar-refractivity contribution in [2.45, 2.75) is 0 Å². The highest BCUT2D eigenvalue weighted by Gasteiger charge is 1.72. The third-order valence-corrected chi connectivity index (χ3v) is 0.775. The zero-order chi connectivity index (χ0) is 4.28. The summed E-state index contributed by atoms with van der Waals surface area (Å²) in [6.07, 6.45) is 0. The van der Waals surface area contributed by atoms with E-state index in [9.17, 15) is 0 Å². The summed E-state index contributed by atoms with van der Waals surface area (Å²) in [4.78, 5) is 0. The number of hydrogen-bond donors (Lipinski definition) is 1. The number of rotatable bonds is 1. The van der Waals surface area contributed by atoms with E-state index < -0.39 is 0 Å². The molecule has 5 heavy (non-hydrogen) atoms. The van der Waals surface area contributed by atoms with Crippen molar-refractivity contribution in [1.29, 1.82) is 0 Å². The van der Waals surface area contributed by atoms with Crippen molar-refractivity contribution in [2.24, 2.45) is 5.50 Å². The number of hydrogen-bond acceptors (Lipinski definition) is 2. The van der Waals surface area contributed by atoms with Crippen molar-refractivity contribution in [1.82, 2.24) is 4.67 Å². The lowest BCUT2D eigenvalue weighted by Gasteiger charge is -1.99. The van der Waals surface area contributed by atoms with E-state index >= 15 is 0 Å². The minimum Gasteiger partial charge on any atom is -0.300 e. The molecule has 1 unspecified atom stereocenters. The first-order chi connectivity index (χ1) is 2.27. The van der Waals surface area contributed by atoms with Gasteiger partial charge in [-0.3, -0.25) is 10.2 Å². The van der Waals surface area contributed by atoms with Crippen molar-refractivity contribution < 1.29 is 0 Å². The predicted octanol–water partition coefficient (Wildman–Crippen LogP) is 0.0152. The molecule has 1 atom stereocenters. The second kappa shape index (κ2) is 2.58. The quantitative estimate of drug-likeness (QED) is 0.462. The molecule has 0 rings (SSSR count). The maximum absolute atomic E-state index is 5.12. The van der Waals surface area contributed by atoms with Gasteiger partial charge in [-0.1, -0.05) is 0 Å². The Hall–Kier alpha value is 0.350. The van der Waals surface area contributed by atoms with Crippen LogP contribution < -0.4 is 5.50 Å². The molecule has 0 aliphatic rings. The lowest BCUT2D eigenvalue weighted by atomic mass is 11.3. The molecule has 0 fully saturated rings. The van der Waals surface area contributed by atoms with Gasteiger partial charge in [-0.15, -0.1) is 0 Å². The predicted molar refractivity (Wildman–Crippen MR) is 26.2 cm³/mol. The monoisotopic (exact) mass is 92.1 g/mol. The molecule has 0 heterocycles. The Morgan fingerprint density at radius 1 is 1.60 bits per heavy atom. The SMILES string of the molecule is CN(C)PN. The molecule has 0 saturated heterocycles. The van der Waals surface area contributed by atoms with Gasteiger partial charge in [0.1, 0.15) is 0 Å². The van der Waals surface area contributed by atoms with Crippen molar-refractivity contribution in [2.75, 3.05) is 14.1 Å². The van der Waals surface area contributed by atoms with Crippen LogP contribution in [-0.4, -0.2) is 18.8 Å². The van der Waals surface area contributed by atoms with Crippen LogP contribution in [0.5, 0.6) is 0 Å². The van der Waals surface area contributed by atoms with Gasteiger partial charge in [-0.05, 0) is 14.1 Å². The fourth-order valence-electron chi connectivity index (χ4n) is 0. The number of nitrogens with zero attached hydrogens (tertiary/aromatic N) is 1. The molecule has 2 nitrogen and oxygen atoms in total. The Bertz CT molecular complexity index is 21.6. The zero-order valence-corrected chi connectivity index (χ0v) is 4.52. The van der Waals surface area contributed by atoms with Gasteiger partial charge in [0.25, 0.3) is 0 Å². The van der Waals surface area contributed by atoms with Crippen LogP contribution in [0.25, 0.3) is 0 Å². The molecule has 0 radical (unpaired) electrons. The Morgan fingerprint density at radius 2 is 1.80 bits per heavy atom. The zero-order valence-electron chi connectivity index (χ0n) is 3.52. The Labute approximate surface area is 34.2 Å². The van der Waals surface area contributed by atoms with Crippen LogP contribution in [0.15, 0.2) is 0 Å². The van der Waals surface area contributed by atoms with Crippen molar-refractivity contribution in [3.8, 4) is 0 Å². The highest BCUT2D eigenvalue weighted by atomic mass is 31.1. The van der Waals surface area contributed by atoms with Crippen LogP contribution in [-0.2, 0) is 0 Å². The van der Waals surface area contributed by atoms with Gasteiger partial charge < -0.3 is 0 Å². The molecule has 2 N–H and O–H groups in total. The molecule has 0 aliphatic heterocycles. The van der Waals surface area contributed by atoms with Gasteiger partial charge in [0.15, 0.2) is 0 Å². The molecule has 0 amide bonds. The van der Waals surface area contributed by atoms with E-state index in [1.54, 1.807) is 0 Å². The van der Waals surface area contributed by atoms with Crippen LogP contribution in [0.2, 0.25) is 0 Å². The molecule has 0 bridgehead atoms. The van der Waals surface area contributed by atoms with Gasteiger partial charge in [0.2, 0.25) is 0 Å². The van der Waals surface area contributed by atoms with Crippen LogP contribution in [0.1, 0.15) is 0 Å². The second-order valence-electron chi connectivity index (χ2n) is 1.02. The normalized spacial score (nSPS) is 12.0. The average Bonchev–Trinajstić information content (AvgIpc) is 1.38. The maximum atomic E-state index is 5.12. The molecule has 0 saturated carbocycles. The van der Waals surface area contributed by atoms with Gasteiger partial charge in [-0.25, -0.2) is 0 Å². The lowest BCUT2D eigenvalue weighted by Crippen LogP contribution is -1.99. The summed E-state index contributed by atoms with van der Waals surface area (Å²) >= 11 is 0. The van der Waals surface area contributed by atoms with Crippen LogP contribution >= 0.6 is 8.88 Å². The standard InChI is InChI=1S/C2H9N2P/c1-4(2)5-3/h5H,3H2,1-2H3. The van der Waals surface area contributed by atoms with E-state index in [1.165, 1.54) is 0 Å². The van der Waals surface area contributed by atoms with Crippen LogP contribution in [0.4, 0.5) is 0 Å². The first kappa shape index (κ1) is 5.35. The molecule has 3 heteroatoms. The summed E-state index contributed by atoms with van der Waals surface area (Å²) in [6, 6.07) is 0. The van der Waals surface area contributed by atoms with E-state index in [1.807, 2.05) is 18.8 Å². The van der Waals surface area contributed by atoms with E-state index in [0.29, 0.717) is 8.88 Å². The Kier molecular flexibility index (Phi) is 2.76. The molecular formula is C2H9N2P. The van der Waals surface area contributed by atoms with Crippen LogP contribution in [0, 0.1) is 0 Å². The fourth-order valence-corrected chi connectivity index (χ4v) is 0. The fraction of sp³-hybridized carbons (Fsp3) is 1.00. The maximum Gasteiger partial charge on any atom is 0.0178 e. The Balaban J connectivity index is 2.54. The van der Waals surface area contributed by atoms with Crippen molar-refractivity contribution in [3.63, 3.8) is 0 Å². The third-order valence-electron chi connectivity index (χ3n) is 0.258. The first-order valence-electron chi connectivity index (χ1n) is 1.41. The topological polar surface area (TPSA) is 29.3 Å². The van der Waals surface area contributed by atoms with Crippen molar-refractivity contribution in [3.05, 3.63) is 0 Å². The average molecular weight is 92.1 g/mol. The van der Waals surface area contributed by atoms with E-state index in [0.717, 1.165) is 0 Å². The largest absolute Gasteiger partial charge is 0.300 e. The molecule has 0 spiro atoms. The van der Waals surface area contributed by atoms with Gasteiger partial charge >= 0.3 is 0 Å². The number of nitrogens with two attached hydrogens (primary N) is 1. The molecule has 0 aliphatic carbocycles.